The molecule has 1 atom stereocenters. The van der Waals surface area contributed by atoms with Crippen molar-refractivity contribution in [2.45, 2.75) is 37.5 Å². The molecule has 1 amide bonds. The summed E-state index contributed by atoms with van der Waals surface area (Å²) in [6.45, 7) is 6.46. The van der Waals surface area contributed by atoms with Crippen molar-refractivity contribution in [1.82, 2.24) is 20.1 Å². The van der Waals surface area contributed by atoms with Crippen LogP contribution in [0.5, 0.6) is 0 Å². The maximum Gasteiger partial charge on any atom is 0.230 e. The number of aromatic nitrogens is 3. The van der Waals surface area contributed by atoms with E-state index in [2.05, 4.69) is 34.2 Å². The molecule has 0 bridgehead atoms. The molecule has 0 radical (unpaired) electrons. The zero-order valence-corrected chi connectivity index (χ0v) is 17.4. The average molecular weight is 407 g/mol. The Bertz CT molecular complexity index is 925. The highest BCUT2D eigenvalue weighted by Gasteiger charge is 2.15. The third-order valence-corrected chi connectivity index (χ3v) is 5.48. The molecule has 1 heterocycles. The zero-order chi connectivity index (χ0) is 20.5. The van der Waals surface area contributed by atoms with Gasteiger partial charge in [0.05, 0.1) is 5.75 Å². The molecule has 29 heavy (non-hydrogen) atoms. The van der Waals surface area contributed by atoms with E-state index in [1.807, 2.05) is 66.1 Å². The first-order valence-electron chi connectivity index (χ1n) is 9.73. The summed E-state index contributed by atoms with van der Waals surface area (Å²) in [4.78, 5) is 12.4. The summed E-state index contributed by atoms with van der Waals surface area (Å²) in [5.41, 5.74) is 2.28. The number of hydrogen-bond acceptors (Lipinski definition) is 4. The molecule has 3 aromatic rings. The Morgan fingerprint density at radius 1 is 1.14 bits per heavy atom. The number of nitrogens with one attached hydrogen (secondary N) is 1. The van der Waals surface area contributed by atoms with Gasteiger partial charge in [-0.3, -0.25) is 9.36 Å². The van der Waals surface area contributed by atoms with E-state index < -0.39 is 0 Å². The van der Waals surface area contributed by atoms with Gasteiger partial charge < -0.3 is 5.32 Å². The lowest BCUT2D eigenvalue weighted by atomic mass is 10.1. The van der Waals surface area contributed by atoms with Crippen LogP contribution in [0.2, 0.25) is 0 Å². The second kappa shape index (κ2) is 10.6. The molecule has 5 nitrogen and oxygen atoms in total. The van der Waals surface area contributed by atoms with Crippen LogP contribution < -0.4 is 5.32 Å². The lowest BCUT2D eigenvalue weighted by Crippen LogP contribution is -2.34. The fraction of sp³-hybridized carbons (Fsp3) is 0.261. The molecular formula is C23H26N4OS. The van der Waals surface area contributed by atoms with E-state index in [9.17, 15) is 4.79 Å². The number of aryl methyl sites for hydroxylation is 1. The molecule has 0 saturated heterocycles. The van der Waals surface area contributed by atoms with E-state index in [0.29, 0.717) is 12.3 Å². The Kier molecular flexibility index (Phi) is 7.64. The van der Waals surface area contributed by atoms with Gasteiger partial charge in [0.2, 0.25) is 5.91 Å². The van der Waals surface area contributed by atoms with Crippen molar-refractivity contribution in [3.63, 3.8) is 0 Å². The second-order valence-electron chi connectivity index (χ2n) is 6.85. The summed E-state index contributed by atoms with van der Waals surface area (Å²) >= 11 is 1.40. The van der Waals surface area contributed by atoms with Crippen molar-refractivity contribution in [3.8, 4) is 11.4 Å². The molecule has 6 heteroatoms. The molecule has 0 fully saturated rings. The van der Waals surface area contributed by atoms with Crippen LogP contribution in [0.15, 0.2) is 78.5 Å². The predicted molar refractivity (Wildman–Crippen MR) is 119 cm³/mol. The molecule has 1 aromatic heterocycles. The third-order valence-electron chi connectivity index (χ3n) is 4.51. The first-order valence-corrected chi connectivity index (χ1v) is 10.7. The van der Waals surface area contributed by atoms with Crippen LogP contribution in [0.1, 0.15) is 18.9 Å². The van der Waals surface area contributed by atoms with Crippen LogP contribution in [0, 0.1) is 0 Å². The number of amides is 1. The number of nitrogens with zero attached hydrogens (tertiary/aromatic N) is 3. The van der Waals surface area contributed by atoms with Gasteiger partial charge in [0, 0.05) is 18.2 Å². The summed E-state index contributed by atoms with van der Waals surface area (Å²) in [6.07, 6.45) is 3.67. The number of carbonyl (C=O) groups excluding carboxylic acids is 1. The number of allylic oxidation sites excluding steroid dienone is 1. The molecule has 3 rings (SSSR count). The van der Waals surface area contributed by atoms with Crippen LogP contribution in [0.3, 0.4) is 0 Å². The van der Waals surface area contributed by atoms with Crippen molar-refractivity contribution < 1.29 is 4.79 Å². The number of carbonyl (C=O) groups is 1. The second-order valence-corrected chi connectivity index (χ2v) is 7.80. The molecule has 0 aliphatic heterocycles. The summed E-state index contributed by atoms with van der Waals surface area (Å²) in [5, 5.41) is 12.4. The molecule has 0 aliphatic rings. The van der Waals surface area contributed by atoms with E-state index in [1.54, 1.807) is 0 Å². The van der Waals surface area contributed by atoms with Crippen molar-refractivity contribution >= 4 is 17.7 Å². The molecule has 1 N–H and O–H groups in total. The van der Waals surface area contributed by atoms with Gasteiger partial charge in [-0.2, -0.15) is 0 Å². The SMILES string of the molecule is C=CCn1c(SCC(=O)N[C@H](C)CCc2ccccc2)nnc1-c1ccccc1. The maximum atomic E-state index is 12.4. The van der Waals surface area contributed by atoms with Crippen LogP contribution in [0.25, 0.3) is 11.4 Å². The molecule has 0 saturated carbocycles. The fourth-order valence-electron chi connectivity index (χ4n) is 3.04. The minimum atomic E-state index is 0.00461. The van der Waals surface area contributed by atoms with Gasteiger partial charge in [0.15, 0.2) is 11.0 Å². The molecule has 0 unspecified atom stereocenters. The van der Waals surface area contributed by atoms with Crippen molar-refractivity contribution in [3.05, 3.63) is 78.9 Å². The van der Waals surface area contributed by atoms with Gasteiger partial charge in [-0.05, 0) is 25.3 Å². The van der Waals surface area contributed by atoms with E-state index in [4.69, 9.17) is 0 Å². The van der Waals surface area contributed by atoms with Gasteiger partial charge >= 0.3 is 0 Å². The Hall–Kier alpha value is -2.86. The standard InChI is InChI=1S/C23H26N4OS/c1-3-16-27-22(20-12-8-5-9-13-20)25-26-23(27)29-17-21(28)24-18(2)14-15-19-10-6-4-7-11-19/h3-13,18H,1,14-17H2,2H3,(H,24,28)/t18-/m1/s1. The van der Waals surface area contributed by atoms with Gasteiger partial charge in [-0.15, -0.1) is 16.8 Å². The van der Waals surface area contributed by atoms with E-state index >= 15 is 0 Å². The van der Waals surface area contributed by atoms with Gasteiger partial charge in [-0.1, -0.05) is 78.5 Å². The maximum absolute atomic E-state index is 12.4. The average Bonchev–Trinajstić information content (AvgIpc) is 3.15. The third kappa shape index (κ3) is 6.06. The largest absolute Gasteiger partial charge is 0.353 e. The van der Waals surface area contributed by atoms with E-state index in [1.165, 1.54) is 17.3 Å². The van der Waals surface area contributed by atoms with Crippen molar-refractivity contribution in [2.75, 3.05) is 5.75 Å². The number of hydrogen-bond donors (Lipinski definition) is 1. The van der Waals surface area contributed by atoms with Crippen LogP contribution in [-0.4, -0.2) is 32.5 Å². The van der Waals surface area contributed by atoms with Crippen molar-refractivity contribution in [1.29, 1.82) is 0 Å². The highest BCUT2D eigenvalue weighted by molar-refractivity contribution is 7.99. The van der Waals surface area contributed by atoms with Gasteiger partial charge in [0.25, 0.3) is 0 Å². The first-order chi connectivity index (χ1) is 14.2. The normalized spacial score (nSPS) is 11.8. The Morgan fingerprint density at radius 3 is 2.52 bits per heavy atom. The number of benzene rings is 2. The fourth-order valence-corrected chi connectivity index (χ4v) is 3.80. The highest BCUT2D eigenvalue weighted by Crippen LogP contribution is 2.23. The van der Waals surface area contributed by atoms with Gasteiger partial charge in [-0.25, -0.2) is 0 Å². The number of thioether (sulfide) groups is 1. The number of rotatable bonds is 10. The summed E-state index contributed by atoms with van der Waals surface area (Å²) in [6, 6.07) is 20.3. The molecule has 0 spiro atoms. The topological polar surface area (TPSA) is 59.8 Å². The molecular weight excluding hydrogens is 380 g/mol. The monoisotopic (exact) mass is 406 g/mol. The smallest absolute Gasteiger partial charge is 0.230 e. The summed E-state index contributed by atoms with van der Waals surface area (Å²) in [5.74, 6) is 1.09. The lowest BCUT2D eigenvalue weighted by Gasteiger charge is -2.14. The quantitative estimate of drug-likeness (QED) is 0.401. The zero-order valence-electron chi connectivity index (χ0n) is 16.6. The van der Waals surface area contributed by atoms with E-state index in [0.717, 1.165) is 29.4 Å². The first kappa shape index (κ1) is 20.9. The predicted octanol–water partition coefficient (Wildman–Crippen LogP) is 4.36. The van der Waals surface area contributed by atoms with Crippen molar-refractivity contribution in [2.24, 2.45) is 0 Å². The Morgan fingerprint density at radius 2 is 1.83 bits per heavy atom. The summed E-state index contributed by atoms with van der Waals surface area (Å²) < 4.78 is 1.99. The van der Waals surface area contributed by atoms with Gasteiger partial charge in [0.1, 0.15) is 0 Å². The minimum absolute atomic E-state index is 0.00461. The minimum Gasteiger partial charge on any atom is -0.353 e. The van der Waals surface area contributed by atoms with E-state index in [-0.39, 0.29) is 11.9 Å². The molecule has 0 aliphatic carbocycles. The lowest BCUT2D eigenvalue weighted by molar-refractivity contribution is -0.119. The highest BCUT2D eigenvalue weighted by atomic mass is 32.2. The summed E-state index contributed by atoms with van der Waals surface area (Å²) in [7, 11) is 0. The van der Waals surface area contributed by atoms with Crippen LogP contribution >= 0.6 is 11.8 Å². The molecule has 150 valence electrons. The Balaban J connectivity index is 1.54. The van der Waals surface area contributed by atoms with Crippen LogP contribution in [-0.2, 0) is 17.8 Å². The Labute approximate surface area is 176 Å². The molecule has 2 aromatic carbocycles. The van der Waals surface area contributed by atoms with Crippen LogP contribution in [0.4, 0.5) is 0 Å².